The summed E-state index contributed by atoms with van der Waals surface area (Å²) in [5.41, 5.74) is 1.51. The highest BCUT2D eigenvalue weighted by atomic mass is 35.5. The summed E-state index contributed by atoms with van der Waals surface area (Å²) in [5.74, 6) is -0.364. The molecule has 0 aliphatic rings. The molecule has 0 atom stereocenters. The average molecular weight is 396 g/mol. The van der Waals surface area contributed by atoms with Gasteiger partial charge in [0.1, 0.15) is 6.07 Å². The maximum Gasteiger partial charge on any atom is 0.311 e. The topological polar surface area (TPSA) is 92.1 Å². The summed E-state index contributed by atoms with van der Waals surface area (Å²) < 4.78 is 5.57. The molecule has 0 spiro atoms. The zero-order chi connectivity index (χ0) is 18.2. The van der Waals surface area contributed by atoms with Crippen molar-refractivity contribution in [3.8, 4) is 6.07 Å². The molecular formula is C16H14ClN3O3S2. The van der Waals surface area contributed by atoms with Crippen LogP contribution in [-0.4, -0.2) is 29.2 Å². The molecule has 130 valence electrons. The van der Waals surface area contributed by atoms with E-state index >= 15 is 0 Å². The number of halogens is 1. The third-order valence-corrected chi connectivity index (χ3v) is 5.24. The second kappa shape index (κ2) is 9.42. The fourth-order valence-corrected chi connectivity index (χ4v) is 3.67. The van der Waals surface area contributed by atoms with E-state index in [1.54, 1.807) is 24.4 Å². The monoisotopic (exact) mass is 395 g/mol. The minimum Gasteiger partial charge on any atom is -0.466 e. The number of thioether (sulfide) groups is 1. The molecule has 2 rings (SSSR count). The Kier molecular flexibility index (Phi) is 7.25. The highest BCUT2D eigenvalue weighted by Gasteiger charge is 2.11. The third kappa shape index (κ3) is 6.05. The van der Waals surface area contributed by atoms with E-state index in [4.69, 9.17) is 21.6 Å². The molecule has 6 nitrogen and oxygen atoms in total. The Bertz CT molecular complexity index is 817. The normalized spacial score (nSPS) is 10.1. The predicted molar refractivity (Wildman–Crippen MR) is 98.0 cm³/mol. The Morgan fingerprint density at radius 1 is 1.48 bits per heavy atom. The molecule has 0 aliphatic carbocycles. The Morgan fingerprint density at radius 3 is 2.96 bits per heavy atom. The van der Waals surface area contributed by atoms with Crippen molar-refractivity contribution in [2.75, 3.05) is 17.7 Å². The van der Waals surface area contributed by atoms with E-state index in [-0.39, 0.29) is 29.1 Å². The maximum absolute atomic E-state index is 12.0. The molecule has 0 saturated heterocycles. The number of ether oxygens (including phenoxy) is 1. The number of aromatic nitrogens is 1. The quantitative estimate of drug-likeness (QED) is 0.569. The van der Waals surface area contributed by atoms with Crippen LogP contribution in [0.1, 0.15) is 18.2 Å². The van der Waals surface area contributed by atoms with Gasteiger partial charge in [0.05, 0.1) is 35.1 Å². The minimum atomic E-state index is -0.320. The molecule has 0 radical (unpaired) electrons. The van der Waals surface area contributed by atoms with Crippen molar-refractivity contribution in [3.05, 3.63) is 39.9 Å². The molecular weight excluding hydrogens is 382 g/mol. The molecule has 0 bridgehead atoms. The fourth-order valence-electron chi connectivity index (χ4n) is 1.80. The van der Waals surface area contributed by atoms with E-state index in [0.717, 1.165) is 0 Å². The van der Waals surface area contributed by atoms with Gasteiger partial charge in [-0.2, -0.15) is 5.26 Å². The number of carbonyl (C=O) groups is 2. The van der Waals surface area contributed by atoms with Crippen LogP contribution in [0.25, 0.3) is 0 Å². The number of hydrogen-bond donors (Lipinski definition) is 1. The molecule has 1 heterocycles. The van der Waals surface area contributed by atoms with E-state index in [2.05, 4.69) is 10.3 Å². The average Bonchev–Trinajstić information content (AvgIpc) is 3.01. The number of amides is 1. The van der Waals surface area contributed by atoms with Crippen LogP contribution in [0.5, 0.6) is 0 Å². The second-order valence-electron chi connectivity index (χ2n) is 4.73. The van der Waals surface area contributed by atoms with Gasteiger partial charge in [0, 0.05) is 11.1 Å². The van der Waals surface area contributed by atoms with Crippen molar-refractivity contribution >= 4 is 52.3 Å². The van der Waals surface area contributed by atoms with Gasteiger partial charge in [-0.1, -0.05) is 23.4 Å². The largest absolute Gasteiger partial charge is 0.466 e. The lowest BCUT2D eigenvalue weighted by Gasteiger charge is -2.05. The first-order chi connectivity index (χ1) is 12.0. The number of esters is 1. The molecule has 0 fully saturated rings. The van der Waals surface area contributed by atoms with Gasteiger partial charge in [-0.05, 0) is 25.1 Å². The lowest BCUT2D eigenvalue weighted by Crippen LogP contribution is -2.14. The van der Waals surface area contributed by atoms with Crippen LogP contribution in [0.2, 0.25) is 5.02 Å². The summed E-state index contributed by atoms with van der Waals surface area (Å²) in [6.45, 7) is 2.09. The van der Waals surface area contributed by atoms with Crippen molar-refractivity contribution in [1.82, 2.24) is 4.98 Å². The molecule has 1 amide bonds. The molecule has 2 aromatic rings. The molecule has 1 aromatic carbocycles. The summed E-state index contributed by atoms with van der Waals surface area (Å²) in [4.78, 5) is 27.7. The smallest absolute Gasteiger partial charge is 0.311 e. The van der Waals surface area contributed by atoms with Crippen molar-refractivity contribution in [2.24, 2.45) is 0 Å². The first kappa shape index (κ1) is 19.2. The lowest BCUT2D eigenvalue weighted by molar-refractivity contribution is -0.142. The van der Waals surface area contributed by atoms with Gasteiger partial charge in [0.2, 0.25) is 5.91 Å². The van der Waals surface area contributed by atoms with E-state index in [1.165, 1.54) is 29.2 Å². The van der Waals surface area contributed by atoms with Gasteiger partial charge in [0.25, 0.3) is 0 Å². The zero-order valence-corrected chi connectivity index (χ0v) is 15.6. The van der Waals surface area contributed by atoms with E-state index < -0.39 is 0 Å². The van der Waals surface area contributed by atoms with E-state index in [1.807, 2.05) is 6.07 Å². The van der Waals surface area contributed by atoms with Crippen LogP contribution in [0.15, 0.2) is 27.9 Å². The summed E-state index contributed by atoms with van der Waals surface area (Å²) in [6.07, 6.45) is 0.126. The second-order valence-corrected chi connectivity index (χ2v) is 7.22. The van der Waals surface area contributed by atoms with Crippen LogP contribution in [0.4, 0.5) is 5.69 Å². The zero-order valence-electron chi connectivity index (χ0n) is 13.2. The van der Waals surface area contributed by atoms with Crippen LogP contribution in [0, 0.1) is 11.3 Å². The molecule has 0 unspecified atom stereocenters. The number of benzene rings is 1. The number of thiazole rings is 1. The summed E-state index contributed by atoms with van der Waals surface area (Å²) >= 11 is 8.58. The van der Waals surface area contributed by atoms with Crippen LogP contribution < -0.4 is 5.32 Å². The number of carbonyl (C=O) groups excluding carboxylic acids is 2. The van der Waals surface area contributed by atoms with E-state index in [0.29, 0.717) is 27.9 Å². The van der Waals surface area contributed by atoms with Crippen molar-refractivity contribution in [1.29, 1.82) is 5.26 Å². The number of nitrogens with zero attached hydrogens (tertiary/aromatic N) is 2. The first-order valence-electron chi connectivity index (χ1n) is 7.24. The first-order valence-corrected chi connectivity index (χ1v) is 9.48. The predicted octanol–water partition coefficient (Wildman–Crippen LogP) is 3.50. The SMILES string of the molecule is CCOC(=O)Cc1csc(SCC(=O)Nc2ccc(C#N)c(Cl)c2)n1. The summed E-state index contributed by atoms with van der Waals surface area (Å²) in [6, 6.07) is 6.66. The van der Waals surface area contributed by atoms with Gasteiger partial charge in [-0.15, -0.1) is 11.3 Å². The standard InChI is InChI=1S/C16H14ClN3O3S2/c1-2-23-15(22)6-12-8-24-16(20-12)25-9-14(21)19-11-4-3-10(7-18)13(17)5-11/h3-5,8H,2,6,9H2,1H3,(H,19,21). The van der Waals surface area contributed by atoms with Crippen LogP contribution in [0.3, 0.4) is 0 Å². The van der Waals surface area contributed by atoms with Gasteiger partial charge in [-0.25, -0.2) is 4.98 Å². The highest BCUT2D eigenvalue weighted by molar-refractivity contribution is 8.01. The number of nitrogens with one attached hydrogen (secondary N) is 1. The number of hydrogen-bond acceptors (Lipinski definition) is 7. The van der Waals surface area contributed by atoms with Gasteiger partial charge in [0.15, 0.2) is 4.34 Å². The third-order valence-electron chi connectivity index (χ3n) is 2.86. The Labute approximate surface area is 158 Å². The van der Waals surface area contributed by atoms with Gasteiger partial charge >= 0.3 is 5.97 Å². The maximum atomic E-state index is 12.0. The van der Waals surface area contributed by atoms with E-state index in [9.17, 15) is 9.59 Å². The molecule has 1 aromatic heterocycles. The molecule has 0 aliphatic heterocycles. The molecule has 1 N–H and O–H groups in total. The molecule has 0 saturated carbocycles. The Morgan fingerprint density at radius 2 is 2.28 bits per heavy atom. The van der Waals surface area contributed by atoms with Crippen molar-refractivity contribution in [2.45, 2.75) is 17.7 Å². The number of rotatable bonds is 7. The van der Waals surface area contributed by atoms with Crippen LogP contribution in [-0.2, 0) is 20.7 Å². The van der Waals surface area contributed by atoms with Gasteiger partial charge in [-0.3, -0.25) is 9.59 Å². The van der Waals surface area contributed by atoms with Crippen molar-refractivity contribution in [3.63, 3.8) is 0 Å². The van der Waals surface area contributed by atoms with Gasteiger partial charge < -0.3 is 10.1 Å². The minimum absolute atomic E-state index is 0.126. The Hall–Kier alpha value is -2.08. The highest BCUT2D eigenvalue weighted by Crippen LogP contribution is 2.24. The molecule has 9 heteroatoms. The number of nitriles is 1. The molecule has 25 heavy (non-hydrogen) atoms. The van der Waals surface area contributed by atoms with Crippen molar-refractivity contribution < 1.29 is 14.3 Å². The summed E-state index contributed by atoms with van der Waals surface area (Å²) in [7, 11) is 0. The lowest BCUT2D eigenvalue weighted by atomic mass is 10.2. The van der Waals surface area contributed by atoms with Crippen LogP contribution >= 0.6 is 34.7 Å². The summed E-state index contributed by atoms with van der Waals surface area (Å²) in [5, 5.41) is 13.6. The number of anilines is 1. The fraction of sp³-hybridized carbons (Fsp3) is 0.250. The Balaban J connectivity index is 1.84.